The molecule has 2 amide bonds. The lowest BCUT2D eigenvalue weighted by atomic mass is 10.2. The van der Waals surface area contributed by atoms with E-state index in [0.717, 1.165) is 6.42 Å². The predicted molar refractivity (Wildman–Crippen MR) is 97.6 cm³/mol. The van der Waals surface area contributed by atoms with E-state index in [1.54, 1.807) is 42.3 Å². The van der Waals surface area contributed by atoms with Crippen molar-refractivity contribution in [3.8, 4) is 11.6 Å². The molecule has 1 N–H and O–H groups in total. The number of carbonyl (C=O) groups is 2. The zero-order valence-electron chi connectivity index (χ0n) is 15.2. The third kappa shape index (κ3) is 4.42. The van der Waals surface area contributed by atoms with Crippen molar-refractivity contribution in [2.24, 2.45) is 0 Å². The van der Waals surface area contributed by atoms with Gasteiger partial charge in [-0.05, 0) is 31.0 Å². The molecule has 1 aromatic heterocycles. The number of nitrogens with one attached hydrogen (secondary N) is 1. The average Bonchev–Trinajstić information content (AvgIpc) is 3.18. The van der Waals surface area contributed by atoms with Crippen molar-refractivity contribution in [2.45, 2.75) is 38.8 Å². The van der Waals surface area contributed by atoms with Gasteiger partial charge >= 0.3 is 0 Å². The number of halogens is 1. The number of carbonyl (C=O) groups excluding carboxylic acids is 2. The third-order valence-corrected chi connectivity index (χ3v) is 4.52. The Balaban J connectivity index is 1.67. The first-order valence-electron chi connectivity index (χ1n) is 9.03. The summed E-state index contributed by atoms with van der Waals surface area (Å²) in [4.78, 5) is 30.3. The van der Waals surface area contributed by atoms with Crippen molar-refractivity contribution in [3.05, 3.63) is 54.0 Å². The summed E-state index contributed by atoms with van der Waals surface area (Å²) in [5.41, 5.74) is 0.625. The summed E-state index contributed by atoms with van der Waals surface area (Å²) in [6.45, 7) is 2.58. The van der Waals surface area contributed by atoms with E-state index >= 15 is 0 Å². The Morgan fingerprint density at radius 3 is 2.89 bits per heavy atom. The van der Waals surface area contributed by atoms with Crippen LogP contribution in [0.2, 0.25) is 0 Å². The fraction of sp³-hybridized carbons (Fsp3) is 0.350. The minimum Gasteiger partial charge on any atom is -0.436 e. The van der Waals surface area contributed by atoms with Gasteiger partial charge in [-0.1, -0.05) is 25.1 Å². The van der Waals surface area contributed by atoms with Gasteiger partial charge in [-0.15, -0.1) is 0 Å². The topological polar surface area (TPSA) is 71.5 Å². The number of benzene rings is 1. The molecule has 7 heteroatoms. The van der Waals surface area contributed by atoms with E-state index in [-0.39, 0.29) is 30.0 Å². The number of rotatable bonds is 6. The second kappa shape index (κ2) is 8.62. The monoisotopic (exact) mass is 371 g/mol. The largest absolute Gasteiger partial charge is 0.436 e. The molecule has 0 unspecified atom stereocenters. The Labute approximate surface area is 157 Å². The molecule has 6 nitrogen and oxygen atoms in total. The molecule has 0 saturated carbocycles. The summed E-state index contributed by atoms with van der Waals surface area (Å²) in [5, 5.41) is 2.84. The maximum Gasteiger partial charge on any atom is 0.243 e. The Bertz CT molecular complexity index is 828. The molecule has 1 fully saturated rings. The van der Waals surface area contributed by atoms with Crippen LogP contribution < -0.4 is 10.1 Å². The van der Waals surface area contributed by atoms with Crippen LogP contribution in [0.15, 0.2) is 42.6 Å². The van der Waals surface area contributed by atoms with Gasteiger partial charge in [-0.25, -0.2) is 9.37 Å². The Morgan fingerprint density at radius 2 is 2.11 bits per heavy atom. The van der Waals surface area contributed by atoms with E-state index in [0.29, 0.717) is 24.9 Å². The maximum absolute atomic E-state index is 13.8. The molecule has 3 rings (SSSR count). The van der Waals surface area contributed by atoms with Crippen LogP contribution in [-0.4, -0.2) is 34.3 Å². The molecule has 2 aromatic rings. The molecule has 0 spiro atoms. The molecule has 27 heavy (non-hydrogen) atoms. The van der Waals surface area contributed by atoms with Gasteiger partial charge in [0.15, 0.2) is 11.6 Å². The predicted octanol–water partition coefficient (Wildman–Crippen LogP) is 3.03. The molecule has 0 aliphatic carbocycles. The molecule has 142 valence electrons. The van der Waals surface area contributed by atoms with Crippen LogP contribution in [0.3, 0.4) is 0 Å². The molecular formula is C20H22FN3O3. The van der Waals surface area contributed by atoms with Crippen molar-refractivity contribution < 1.29 is 18.7 Å². The van der Waals surface area contributed by atoms with E-state index in [4.69, 9.17) is 4.74 Å². The fourth-order valence-corrected chi connectivity index (χ4v) is 3.12. The van der Waals surface area contributed by atoms with Gasteiger partial charge in [-0.3, -0.25) is 9.59 Å². The van der Waals surface area contributed by atoms with Gasteiger partial charge in [0.2, 0.25) is 17.7 Å². The zero-order valence-corrected chi connectivity index (χ0v) is 15.2. The molecule has 2 heterocycles. The molecule has 1 aliphatic heterocycles. The minimum atomic E-state index is -0.488. The van der Waals surface area contributed by atoms with Gasteiger partial charge in [0.05, 0.1) is 0 Å². The summed E-state index contributed by atoms with van der Waals surface area (Å²) in [5.74, 6) is -0.402. The molecular weight excluding hydrogens is 349 g/mol. The molecule has 0 radical (unpaired) electrons. The fourth-order valence-electron chi connectivity index (χ4n) is 3.12. The van der Waals surface area contributed by atoms with Gasteiger partial charge in [0.1, 0.15) is 6.04 Å². The lowest BCUT2D eigenvalue weighted by Gasteiger charge is -2.23. The van der Waals surface area contributed by atoms with Crippen LogP contribution in [0.4, 0.5) is 4.39 Å². The van der Waals surface area contributed by atoms with Crippen LogP contribution >= 0.6 is 0 Å². The highest BCUT2D eigenvalue weighted by Crippen LogP contribution is 2.25. The third-order valence-electron chi connectivity index (χ3n) is 4.52. The lowest BCUT2D eigenvalue weighted by molar-refractivity contribution is -0.138. The first-order valence-corrected chi connectivity index (χ1v) is 9.03. The number of hydrogen-bond donors (Lipinski definition) is 1. The maximum atomic E-state index is 13.8. The number of hydrogen-bond acceptors (Lipinski definition) is 4. The number of pyridine rings is 1. The number of amides is 2. The highest BCUT2D eigenvalue weighted by Gasteiger charge is 2.33. The Hall–Kier alpha value is -2.96. The minimum absolute atomic E-state index is 0.0161. The van der Waals surface area contributed by atoms with Crippen molar-refractivity contribution >= 4 is 11.8 Å². The quantitative estimate of drug-likeness (QED) is 0.847. The van der Waals surface area contributed by atoms with E-state index in [1.807, 2.05) is 0 Å². The zero-order chi connectivity index (χ0) is 19.2. The van der Waals surface area contributed by atoms with E-state index < -0.39 is 11.9 Å². The van der Waals surface area contributed by atoms with E-state index in [9.17, 15) is 14.0 Å². The highest BCUT2D eigenvalue weighted by atomic mass is 19.1. The lowest BCUT2D eigenvalue weighted by Crippen LogP contribution is -2.45. The van der Waals surface area contributed by atoms with Gasteiger partial charge in [0, 0.05) is 31.3 Å². The standard InChI is InChI=1S/C20H22FN3O3/c1-2-18(25)24-12-6-9-16(24)19(26)23-13-14-7-5-11-22-20(14)27-17-10-4-3-8-15(17)21/h3-5,7-8,10-11,16H,2,6,9,12-13H2,1H3,(H,23,26)/t16-/m1/s1. The summed E-state index contributed by atoms with van der Waals surface area (Å²) in [6.07, 6.45) is 3.40. The second-order valence-corrected chi connectivity index (χ2v) is 6.32. The SMILES string of the molecule is CCC(=O)N1CCC[C@@H]1C(=O)NCc1cccnc1Oc1ccccc1F. The summed E-state index contributed by atoms with van der Waals surface area (Å²) in [7, 11) is 0. The van der Waals surface area contributed by atoms with Crippen LogP contribution in [0.25, 0.3) is 0 Å². The molecule has 1 aromatic carbocycles. The Morgan fingerprint density at radius 1 is 1.30 bits per heavy atom. The van der Waals surface area contributed by atoms with Crippen molar-refractivity contribution in [2.75, 3.05) is 6.54 Å². The van der Waals surface area contributed by atoms with Crippen LogP contribution in [0, 0.1) is 5.82 Å². The van der Waals surface area contributed by atoms with Gasteiger partial charge in [0.25, 0.3) is 0 Å². The number of para-hydroxylation sites is 1. The van der Waals surface area contributed by atoms with Crippen LogP contribution in [0.5, 0.6) is 11.6 Å². The normalized spacial score (nSPS) is 16.2. The average molecular weight is 371 g/mol. The summed E-state index contributed by atoms with van der Waals surface area (Å²) < 4.78 is 19.4. The number of ether oxygens (including phenoxy) is 1. The number of likely N-dealkylation sites (tertiary alicyclic amines) is 1. The first kappa shape index (κ1) is 18.8. The summed E-state index contributed by atoms with van der Waals surface area (Å²) in [6, 6.07) is 9.10. The summed E-state index contributed by atoms with van der Waals surface area (Å²) >= 11 is 0. The molecule has 1 atom stereocenters. The Kier molecular flexibility index (Phi) is 6.01. The highest BCUT2D eigenvalue weighted by molar-refractivity contribution is 5.88. The van der Waals surface area contributed by atoms with E-state index in [1.165, 1.54) is 12.1 Å². The number of aromatic nitrogens is 1. The number of nitrogens with zero attached hydrogens (tertiary/aromatic N) is 2. The molecule has 1 saturated heterocycles. The van der Waals surface area contributed by atoms with Crippen LogP contribution in [-0.2, 0) is 16.1 Å². The first-order chi connectivity index (χ1) is 13.1. The second-order valence-electron chi connectivity index (χ2n) is 6.32. The van der Waals surface area contributed by atoms with Gasteiger partial charge < -0.3 is 15.0 Å². The molecule has 0 bridgehead atoms. The van der Waals surface area contributed by atoms with Crippen molar-refractivity contribution in [1.82, 2.24) is 15.2 Å². The van der Waals surface area contributed by atoms with Crippen molar-refractivity contribution in [1.29, 1.82) is 0 Å². The smallest absolute Gasteiger partial charge is 0.243 e. The van der Waals surface area contributed by atoms with Crippen LogP contribution in [0.1, 0.15) is 31.7 Å². The molecule has 1 aliphatic rings. The van der Waals surface area contributed by atoms with Gasteiger partial charge in [-0.2, -0.15) is 0 Å². The van der Waals surface area contributed by atoms with Crippen molar-refractivity contribution in [3.63, 3.8) is 0 Å². The van der Waals surface area contributed by atoms with E-state index in [2.05, 4.69) is 10.3 Å².